The highest BCUT2D eigenvalue weighted by Gasteiger charge is 2.25. The van der Waals surface area contributed by atoms with Crippen LogP contribution in [0.3, 0.4) is 0 Å². The number of piperidine rings is 1. The number of carbonyl (C=O) groups excluding carboxylic acids is 1. The van der Waals surface area contributed by atoms with Crippen LogP contribution in [0.4, 0.5) is 0 Å². The van der Waals surface area contributed by atoms with E-state index in [9.17, 15) is 13.2 Å². The number of sulfonamides is 1. The standard InChI is InChI=1S/C20H25N3O4S/c1-2-27-18-3-5-19(6-4-18)28(25,26)22-15-16-9-13-23(14-10-16)20(24)17-7-11-21-12-8-17/h3-8,11-12,16,22H,2,9-10,13-15H2,1H3. The first kappa shape index (κ1) is 20.3. The molecule has 1 fully saturated rings. The van der Waals surface area contributed by atoms with Crippen molar-refractivity contribution >= 4 is 15.9 Å². The van der Waals surface area contributed by atoms with Gasteiger partial charge in [-0.05, 0) is 62.1 Å². The smallest absolute Gasteiger partial charge is 0.253 e. The van der Waals surface area contributed by atoms with Gasteiger partial charge in [0.1, 0.15) is 5.75 Å². The molecule has 1 saturated heterocycles. The molecule has 0 bridgehead atoms. The Labute approximate surface area is 165 Å². The zero-order valence-corrected chi connectivity index (χ0v) is 16.7. The van der Waals surface area contributed by atoms with Crippen LogP contribution in [0.15, 0.2) is 53.7 Å². The summed E-state index contributed by atoms with van der Waals surface area (Å²) in [5.41, 5.74) is 0.629. The van der Waals surface area contributed by atoms with Crippen molar-refractivity contribution in [3.05, 3.63) is 54.4 Å². The number of likely N-dealkylation sites (tertiary alicyclic amines) is 1. The van der Waals surface area contributed by atoms with E-state index in [4.69, 9.17) is 4.74 Å². The summed E-state index contributed by atoms with van der Waals surface area (Å²) >= 11 is 0. The van der Waals surface area contributed by atoms with Gasteiger partial charge >= 0.3 is 0 Å². The summed E-state index contributed by atoms with van der Waals surface area (Å²) in [4.78, 5) is 18.4. The topological polar surface area (TPSA) is 88.6 Å². The zero-order valence-electron chi connectivity index (χ0n) is 15.9. The van der Waals surface area contributed by atoms with Gasteiger partial charge in [-0.2, -0.15) is 0 Å². The van der Waals surface area contributed by atoms with Crippen LogP contribution < -0.4 is 9.46 Å². The van der Waals surface area contributed by atoms with E-state index in [1.165, 1.54) is 0 Å². The second kappa shape index (κ2) is 9.16. The van der Waals surface area contributed by atoms with Crippen molar-refractivity contribution in [1.82, 2.24) is 14.6 Å². The molecule has 3 rings (SSSR count). The van der Waals surface area contributed by atoms with Gasteiger partial charge in [-0.15, -0.1) is 0 Å². The van der Waals surface area contributed by atoms with Gasteiger partial charge in [0.25, 0.3) is 5.91 Å². The second-order valence-electron chi connectivity index (χ2n) is 6.73. The Balaban J connectivity index is 1.50. The van der Waals surface area contributed by atoms with Crippen molar-refractivity contribution < 1.29 is 17.9 Å². The predicted octanol–water partition coefficient (Wildman–Crippen LogP) is 2.31. The number of carbonyl (C=O) groups is 1. The van der Waals surface area contributed by atoms with E-state index in [1.807, 2.05) is 11.8 Å². The van der Waals surface area contributed by atoms with Gasteiger partial charge in [0.15, 0.2) is 0 Å². The summed E-state index contributed by atoms with van der Waals surface area (Å²) < 4.78 is 33.0. The quantitative estimate of drug-likeness (QED) is 0.766. The van der Waals surface area contributed by atoms with Gasteiger partial charge in [-0.3, -0.25) is 9.78 Å². The summed E-state index contributed by atoms with van der Waals surface area (Å²) in [6.45, 7) is 4.02. The highest BCUT2D eigenvalue weighted by molar-refractivity contribution is 7.89. The van der Waals surface area contributed by atoms with Crippen LogP contribution in [0, 0.1) is 5.92 Å². The third kappa shape index (κ3) is 5.08. The first-order valence-corrected chi connectivity index (χ1v) is 10.9. The third-order valence-corrected chi connectivity index (χ3v) is 6.28. The van der Waals surface area contributed by atoms with Gasteiger partial charge < -0.3 is 9.64 Å². The maximum atomic E-state index is 12.5. The van der Waals surface area contributed by atoms with Crippen LogP contribution in [0.1, 0.15) is 30.1 Å². The summed E-state index contributed by atoms with van der Waals surface area (Å²) in [6.07, 6.45) is 4.75. The lowest BCUT2D eigenvalue weighted by Crippen LogP contribution is -2.41. The summed E-state index contributed by atoms with van der Waals surface area (Å²) in [7, 11) is -3.56. The minimum Gasteiger partial charge on any atom is -0.494 e. The van der Waals surface area contributed by atoms with E-state index in [0.717, 1.165) is 12.8 Å². The first-order chi connectivity index (χ1) is 13.5. The number of nitrogens with zero attached hydrogens (tertiary/aromatic N) is 2. The summed E-state index contributed by atoms with van der Waals surface area (Å²) in [6, 6.07) is 9.81. The average molecular weight is 404 g/mol. The molecule has 0 saturated carbocycles. The molecule has 1 amide bonds. The van der Waals surface area contributed by atoms with E-state index < -0.39 is 10.0 Å². The predicted molar refractivity (Wildman–Crippen MR) is 106 cm³/mol. The van der Waals surface area contributed by atoms with E-state index in [2.05, 4.69) is 9.71 Å². The van der Waals surface area contributed by atoms with E-state index in [1.54, 1.807) is 48.8 Å². The van der Waals surface area contributed by atoms with Crippen LogP contribution in [0.2, 0.25) is 0 Å². The average Bonchev–Trinajstić information content (AvgIpc) is 2.73. The molecule has 0 spiro atoms. The number of amides is 1. The molecule has 1 N–H and O–H groups in total. The SMILES string of the molecule is CCOc1ccc(S(=O)(=O)NCC2CCN(C(=O)c3ccncc3)CC2)cc1. The first-order valence-electron chi connectivity index (χ1n) is 9.41. The Kier molecular flexibility index (Phi) is 6.64. The lowest BCUT2D eigenvalue weighted by Gasteiger charge is -2.32. The molecule has 0 aliphatic carbocycles. The zero-order chi connectivity index (χ0) is 20.0. The Morgan fingerprint density at radius 3 is 2.39 bits per heavy atom. The molecule has 1 aromatic heterocycles. The fourth-order valence-electron chi connectivity index (χ4n) is 3.21. The number of ether oxygens (including phenoxy) is 1. The van der Waals surface area contributed by atoms with Gasteiger partial charge in [0, 0.05) is 37.6 Å². The van der Waals surface area contributed by atoms with E-state index in [-0.39, 0.29) is 16.7 Å². The lowest BCUT2D eigenvalue weighted by atomic mass is 9.97. The minimum atomic E-state index is -3.56. The molecule has 0 radical (unpaired) electrons. The molecule has 1 aliphatic heterocycles. The molecular formula is C20H25N3O4S. The normalized spacial score (nSPS) is 15.4. The van der Waals surface area contributed by atoms with Gasteiger partial charge in [-0.25, -0.2) is 13.1 Å². The monoisotopic (exact) mass is 403 g/mol. The van der Waals surface area contributed by atoms with Crippen molar-refractivity contribution in [2.45, 2.75) is 24.7 Å². The molecule has 8 heteroatoms. The molecule has 2 aromatic rings. The van der Waals surface area contributed by atoms with Crippen LogP contribution in [0.25, 0.3) is 0 Å². The molecular weight excluding hydrogens is 378 g/mol. The number of pyridine rings is 1. The minimum absolute atomic E-state index is 0.00387. The summed E-state index contributed by atoms with van der Waals surface area (Å²) in [5, 5.41) is 0. The van der Waals surface area contributed by atoms with Crippen molar-refractivity contribution in [3.63, 3.8) is 0 Å². The van der Waals surface area contributed by atoms with Crippen molar-refractivity contribution in [1.29, 1.82) is 0 Å². The van der Waals surface area contributed by atoms with E-state index >= 15 is 0 Å². The van der Waals surface area contributed by atoms with Gasteiger partial charge in [0.05, 0.1) is 11.5 Å². The number of aromatic nitrogens is 1. The molecule has 1 aliphatic rings. The highest BCUT2D eigenvalue weighted by Crippen LogP contribution is 2.20. The van der Waals surface area contributed by atoms with Crippen LogP contribution in [0.5, 0.6) is 5.75 Å². The van der Waals surface area contributed by atoms with E-state index in [0.29, 0.717) is 37.6 Å². The van der Waals surface area contributed by atoms with Crippen molar-refractivity contribution in [2.24, 2.45) is 5.92 Å². The van der Waals surface area contributed by atoms with Crippen LogP contribution in [-0.4, -0.2) is 50.5 Å². The largest absolute Gasteiger partial charge is 0.494 e. The van der Waals surface area contributed by atoms with Crippen molar-refractivity contribution in [2.75, 3.05) is 26.2 Å². The number of nitrogens with one attached hydrogen (secondary N) is 1. The second-order valence-corrected chi connectivity index (χ2v) is 8.49. The Morgan fingerprint density at radius 1 is 1.14 bits per heavy atom. The van der Waals surface area contributed by atoms with Crippen molar-refractivity contribution in [3.8, 4) is 5.75 Å². The van der Waals surface area contributed by atoms with Gasteiger partial charge in [0.2, 0.25) is 10.0 Å². The molecule has 2 heterocycles. The Bertz CT molecular complexity index is 877. The van der Waals surface area contributed by atoms with Gasteiger partial charge in [-0.1, -0.05) is 0 Å². The molecule has 28 heavy (non-hydrogen) atoms. The highest BCUT2D eigenvalue weighted by atomic mass is 32.2. The number of rotatable bonds is 7. The lowest BCUT2D eigenvalue weighted by molar-refractivity contribution is 0.0692. The van der Waals surface area contributed by atoms with Crippen LogP contribution in [-0.2, 0) is 10.0 Å². The molecule has 150 valence electrons. The fraction of sp³-hybridized carbons (Fsp3) is 0.400. The van der Waals surface area contributed by atoms with Crippen LogP contribution >= 0.6 is 0 Å². The maximum absolute atomic E-state index is 12.5. The maximum Gasteiger partial charge on any atom is 0.253 e. The fourth-order valence-corrected chi connectivity index (χ4v) is 4.33. The Hall–Kier alpha value is -2.45. The molecule has 0 unspecified atom stereocenters. The third-order valence-electron chi connectivity index (χ3n) is 4.84. The summed E-state index contributed by atoms with van der Waals surface area (Å²) in [5.74, 6) is 0.850. The molecule has 0 atom stereocenters. The molecule has 7 nitrogen and oxygen atoms in total. The Morgan fingerprint density at radius 2 is 1.79 bits per heavy atom. The number of benzene rings is 1. The number of hydrogen-bond acceptors (Lipinski definition) is 5. The molecule has 1 aromatic carbocycles. The number of hydrogen-bond donors (Lipinski definition) is 1.